The lowest BCUT2D eigenvalue weighted by Gasteiger charge is -1.97. The normalized spacial score (nSPS) is 10.4. The molecule has 1 rings (SSSR count). The third-order valence-electron chi connectivity index (χ3n) is 1.51. The molecule has 0 N–H and O–H groups in total. The minimum Gasteiger partial charge on any atom is -0.459 e. The maximum atomic E-state index is 11.2. The summed E-state index contributed by atoms with van der Waals surface area (Å²) < 4.78 is 14.9. The van der Waals surface area contributed by atoms with Crippen LogP contribution in [0.4, 0.5) is 0 Å². The van der Waals surface area contributed by atoms with Crippen molar-refractivity contribution in [2.75, 3.05) is 25.6 Å². The Hall–Kier alpha value is -1.08. The van der Waals surface area contributed by atoms with Gasteiger partial charge < -0.3 is 13.9 Å². The zero-order valence-corrected chi connectivity index (χ0v) is 10.1. The van der Waals surface area contributed by atoms with Gasteiger partial charge in [0.1, 0.15) is 0 Å². The predicted octanol–water partition coefficient (Wildman–Crippen LogP) is 1.37. The number of thioether (sulfide) groups is 1. The fourth-order valence-electron chi connectivity index (χ4n) is 0.876. The maximum Gasteiger partial charge on any atom is 0.396 e. The molecular weight excluding hydrogens is 232 g/mol. The van der Waals surface area contributed by atoms with Gasteiger partial charge in [0.15, 0.2) is 0 Å². The van der Waals surface area contributed by atoms with E-state index in [0.29, 0.717) is 24.2 Å². The molecule has 0 aliphatic carbocycles. The van der Waals surface area contributed by atoms with E-state index in [1.54, 1.807) is 6.92 Å². The first-order valence-electron chi connectivity index (χ1n) is 4.99. The first-order valence-corrected chi connectivity index (χ1v) is 5.97. The summed E-state index contributed by atoms with van der Waals surface area (Å²) in [5, 5.41) is 7.64. The molecule has 0 amide bonds. The highest BCUT2D eigenvalue weighted by molar-refractivity contribution is 7.99. The van der Waals surface area contributed by atoms with Crippen LogP contribution in [0.25, 0.3) is 0 Å². The molecule has 0 aliphatic heterocycles. The number of carbonyl (C=O) groups is 1. The van der Waals surface area contributed by atoms with E-state index in [1.165, 1.54) is 11.8 Å². The quantitative estimate of drug-likeness (QED) is 0.408. The second kappa shape index (κ2) is 7.24. The second-order valence-corrected chi connectivity index (χ2v) is 3.69. The van der Waals surface area contributed by atoms with E-state index < -0.39 is 5.97 Å². The first kappa shape index (κ1) is 13.0. The third kappa shape index (κ3) is 4.19. The molecule has 16 heavy (non-hydrogen) atoms. The van der Waals surface area contributed by atoms with Crippen LogP contribution in [-0.2, 0) is 9.47 Å². The summed E-state index contributed by atoms with van der Waals surface area (Å²) in [5.74, 6) is 0.00518. The van der Waals surface area contributed by atoms with E-state index in [2.05, 4.69) is 10.2 Å². The Bertz CT molecular complexity index is 329. The molecule has 90 valence electrons. The second-order valence-electron chi connectivity index (χ2n) is 2.64. The molecule has 0 saturated carbocycles. The van der Waals surface area contributed by atoms with Crippen LogP contribution >= 0.6 is 11.8 Å². The molecule has 0 unspecified atom stereocenters. The van der Waals surface area contributed by atoms with E-state index >= 15 is 0 Å². The summed E-state index contributed by atoms with van der Waals surface area (Å²) >= 11 is 1.34. The van der Waals surface area contributed by atoms with Gasteiger partial charge in [0.2, 0.25) is 0 Å². The standard InChI is InChI=1S/C9H14N2O4S/c1-3-13-5-6-16-9-11-10-7(15-9)8(12)14-4-2/h3-6H2,1-2H3. The number of esters is 1. The molecule has 1 aromatic heterocycles. The largest absolute Gasteiger partial charge is 0.459 e. The Labute approximate surface area is 97.7 Å². The SMILES string of the molecule is CCOCCSc1nnc(C(=O)OCC)o1. The molecule has 0 fully saturated rings. The molecule has 0 bridgehead atoms. The summed E-state index contributed by atoms with van der Waals surface area (Å²) in [6.07, 6.45) is 0. The lowest BCUT2D eigenvalue weighted by atomic mass is 10.7. The van der Waals surface area contributed by atoms with Gasteiger partial charge in [0.25, 0.3) is 5.22 Å². The van der Waals surface area contributed by atoms with Crippen LogP contribution < -0.4 is 0 Å². The minimum absolute atomic E-state index is 0.110. The van der Waals surface area contributed by atoms with Gasteiger partial charge in [-0.1, -0.05) is 16.9 Å². The van der Waals surface area contributed by atoms with Gasteiger partial charge in [-0.15, -0.1) is 5.10 Å². The van der Waals surface area contributed by atoms with Crippen LogP contribution in [0.15, 0.2) is 9.64 Å². The van der Waals surface area contributed by atoms with Gasteiger partial charge in [0.05, 0.1) is 13.2 Å². The Balaban J connectivity index is 2.36. The molecule has 1 aromatic rings. The van der Waals surface area contributed by atoms with Crippen LogP contribution in [0.5, 0.6) is 0 Å². The van der Waals surface area contributed by atoms with E-state index in [1.807, 2.05) is 6.92 Å². The molecule has 0 atom stereocenters. The number of rotatable bonds is 7. The predicted molar refractivity (Wildman–Crippen MR) is 57.5 cm³/mol. The molecule has 0 spiro atoms. The summed E-state index contributed by atoms with van der Waals surface area (Å²) in [6, 6.07) is 0. The van der Waals surface area contributed by atoms with Crippen molar-refractivity contribution in [1.29, 1.82) is 0 Å². The molecule has 0 radical (unpaired) electrons. The highest BCUT2D eigenvalue weighted by Gasteiger charge is 2.15. The summed E-state index contributed by atoms with van der Waals surface area (Å²) in [4.78, 5) is 11.2. The van der Waals surface area contributed by atoms with Crippen molar-refractivity contribution in [3.63, 3.8) is 0 Å². The van der Waals surface area contributed by atoms with Crippen molar-refractivity contribution >= 4 is 17.7 Å². The van der Waals surface area contributed by atoms with E-state index in [-0.39, 0.29) is 12.5 Å². The van der Waals surface area contributed by atoms with Crippen LogP contribution in [0.1, 0.15) is 24.5 Å². The summed E-state index contributed by atoms with van der Waals surface area (Å²) in [5.41, 5.74) is 0. The summed E-state index contributed by atoms with van der Waals surface area (Å²) in [6.45, 7) is 5.22. The smallest absolute Gasteiger partial charge is 0.396 e. The lowest BCUT2D eigenvalue weighted by molar-refractivity contribution is 0.0475. The minimum atomic E-state index is -0.591. The average Bonchev–Trinajstić information content (AvgIpc) is 2.73. The number of hydrogen-bond acceptors (Lipinski definition) is 7. The van der Waals surface area contributed by atoms with Crippen molar-refractivity contribution in [2.24, 2.45) is 0 Å². The van der Waals surface area contributed by atoms with Crippen LogP contribution in [-0.4, -0.2) is 41.7 Å². The number of ether oxygens (including phenoxy) is 2. The highest BCUT2D eigenvalue weighted by atomic mass is 32.2. The Morgan fingerprint density at radius 2 is 2.19 bits per heavy atom. The zero-order chi connectivity index (χ0) is 11.8. The van der Waals surface area contributed by atoms with E-state index in [0.717, 1.165) is 0 Å². The average molecular weight is 246 g/mol. The Kier molecular flexibility index (Phi) is 5.87. The maximum absolute atomic E-state index is 11.2. The van der Waals surface area contributed by atoms with Crippen molar-refractivity contribution in [3.05, 3.63) is 5.89 Å². The molecule has 0 aliphatic rings. The van der Waals surface area contributed by atoms with Gasteiger partial charge in [-0.05, 0) is 13.8 Å². The van der Waals surface area contributed by atoms with Gasteiger partial charge >= 0.3 is 11.9 Å². The van der Waals surface area contributed by atoms with Crippen LogP contribution in [0, 0.1) is 0 Å². The van der Waals surface area contributed by atoms with Crippen LogP contribution in [0.2, 0.25) is 0 Å². The molecule has 0 aromatic carbocycles. The number of carbonyl (C=O) groups excluding carboxylic acids is 1. The van der Waals surface area contributed by atoms with Gasteiger partial charge in [-0.3, -0.25) is 0 Å². The zero-order valence-electron chi connectivity index (χ0n) is 9.26. The third-order valence-corrected chi connectivity index (χ3v) is 2.30. The number of hydrogen-bond donors (Lipinski definition) is 0. The number of nitrogens with zero attached hydrogens (tertiary/aromatic N) is 2. The van der Waals surface area contributed by atoms with E-state index in [9.17, 15) is 4.79 Å². The van der Waals surface area contributed by atoms with E-state index in [4.69, 9.17) is 13.9 Å². The fourth-order valence-corrected chi connectivity index (χ4v) is 1.49. The Morgan fingerprint density at radius 1 is 1.38 bits per heavy atom. The first-order chi connectivity index (χ1) is 7.77. The topological polar surface area (TPSA) is 74.5 Å². The summed E-state index contributed by atoms with van der Waals surface area (Å²) in [7, 11) is 0. The van der Waals surface area contributed by atoms with Gasteiger partial charge in [-0.25, -0.2) is 4.79 Å². The van der Waals surface area contributed by atoms with Gasteiger partial charge in [-0.2, -0.15) is 0 Å². The van der Waals surface area contributed by atoms with Crippen LogP contribution in [0.3, 0.4) is 0 Å². The van der Waals surface area contributed by atoms with Crippen molar-refractivity contribution in [3.8, 4) is 0 Å². The molecule has 6 nitrogen and oxygen atoms in total. The fraction of sp³-hybridized carbons (Fsp3) is 0.667. The van der Waals surface area contributed by atoms with Crippen molar-refractivity contribution in [1.82, 2.24) is 10.2 Å². The van der Waals surface area contributed by atoms with Crippen molar-refractivity contribution < 1.29 is 18.7 Å². The number of aromatic nitrogens is 2. The molecular formula is C9H14N2O4S. The Morgan fingerprint density at radius 3 is 2.88 bits per heavy atom. The molecule has 7 heteroatoms. The van der Waals surface area contributed by atoms with Gasteiger partial charge in [0, 0.05) is 12.4 Å². The highest BCUT2D eigenvalue weighted by Crippen LogP contribution is 2.15. The molecule has 0 saturated heterocycles. The monoisotopic (exact) mass is 246 g/mol. The van der Waals surface area contributed by atoms with Crippen molar-refractivity contribution in [2.45, 2.75) is 19.1 Å². The molecule has 1 heterocycles. The lowest BCUT2D eigenvalue weighted by Crippen LogP contribution is -2.04.